The summed E-state index contributed by atoms with van der Waals surface area (Å²) in [6.07, 6.45) is 0.931. The van der Waals surface area contributed by atoms with Gasteiger partial charge in [-0.05, 0) is 39.8 Å². The zero-order valence-electron chi connectivity index (χ0n) is 11.8. The van der Waals surface area contributed by atoms with E-state index in [-0.39, 0.29) is 5.97 Å². The number of rotatable bonds is 6. The maximum Gasteiger partial charge on any atom is 0.325 e. The van der Waals surface area contributed by atoms with Crippen LogP contribution in [0.5, 0.6) is 0 Å². The molecule has 100 valence electrons. The summed E-state index contributed by atoms with van der Waals surface area (Å²) >= 11 is 0. The average molecular weight is 249 g/mol. The van der Waals surface area contributed by atoms with Gasteiger partial charge in [0, 0.05) is 6.54 Å². The highest BCUT2D eigenvalue weighted by Gasteiger charge is 2.33. The van der Waals surface area contributed by atoms with Gasteiger partial charge in [-0.15, -0.1) is 0 Å². The third-order valence-electron chi connectivity index (χ3n) is 3.31. The number of carbonyl (C=O) groups is 1. The molecule has 0 amide bonds. The predicted molar refractivity (Wildman–Crippen MR) is 73.5 cm³/mol. The van der Waals surface area contributed by atoms with Gasteiger partial charge in [0.2, 0.25) is 0 Å². The number of carbonyl (C=O) groups excluding carboxylic acids is 1. The Morgan fingerprint density at radius 2 is 1.89 bits per heavy atom. The SMILES string of the molecule is CCOC(=O)C(C)(C)N(C)CCc1ccccc1. The number of ether oxygens (including phenoxy) is 1. The average Bonchev–Trinajstić information content (AvgIpc) is 2.37. The van der Waals surface area contributed by atoms with Gasteiger partial charge in [0.1, 0.15) is 5.54 Å². The first-order valence-electron chi connectivity index (χ1n) is 6.41. The Labute approximate surface area is 110 Å². The van der Waals surface area contributed by atoms with E-state index in [4.69, 9.17) is 4.74 Å². The Kier molecular flexibility index (Phi) is 5.35. The number of nitrogens with zero attached hydrogens (tertiary/aromatic N) is 1. The number of hydrogen-bond acceptors (Lipinski definition) is 3. The third-order valence-corrected chi connectivity index (χ3v) is 3.31. The van der Waals surface area contributed by atoms with Gasteiger partial charge < -0.3 is 4.74 Å². The molecular weight excluding hydrogens is 226 g/mol. The Hall–Kier alpha value is -1.35. The van der Waals surface area contributed by atoms with Crippen molar-refractivity contribution in [1.29, 1.82) is 0 Å². The van der Waals surface area contributed by atoms with Gasteiger partial charge in [0.25, 0.3) is 0 Å². The Morgan fingerprint density at radius 1 is 1.28 bits per heavy atom. The summed E-state index contributed by atoms with van der Waals surface area (Å²) in [6, 6.07) is 10.3. The van der Waals surface area contributed by atoms with Gasteiger partial charge in [-0.25, -0.2) is 0 Å². The lowest BCUT2D eigenvalue weighted by Gasteiger charge is -2.33. The second-order valence-corrected chi connectivity index (χ2v) is 4.94. The monoisotopic (exact) mass is 249 g/mol. The smallest absolute Gasteiger partial charge is 0.325 e. The van der Waals surface area contributed by atoms with Crippen LogP contribution < -0.4 is 0 Å². The molecule has 0 radical (unpaired) electrons. The first kappa shape index (κ1) is 14.7. The summed E-state index contributed by atoms with van der Waals surface area (Å²) in [6.45, 7) is 6.88. The second-order valence-electron chi connectivity index (χ2n) is 4.94. The van der Waals surface area contributed by atoms with Gasteiger partial charge in [-0.3, -0.25) is 9.69 Å². The van der Waals surface area contributed by atoms with Gasteiger partial charge in [-0.1, -0.05) is 30.3 Å². The minimum atomic E-state index is -0.579. The molecule has 0 spiro atoms. The summed E-state index contributed by atoms with van der Waals surface area (Å²) in [7, 11) is 1.96. The normalized spacial score (nSPS) is 11.6. The molecule has 0 heterocycles. The lowest BCUT2D eigenvalue weighted by molar-refractivity contribution is -0.154. The summed E-state index contributed by atoms with van der Waals surface area (Å²) in [5.74, 6) is -0.166. The lowest BCUT2D eigenvalue weighted by Crippen LogP contribution is -2.49. The zero-order chi connectivity index (χ0) is 13.6. The number of hydrogen-bond donors (Lipinski definition) is 0. The molecule has 0 bridgehead atoms. The molecule has 0 fully saturated rings. The minimum Gasteiger partial charge on any atom is -0.465 e. The van der Waals surface area contributed by atoms with Crippen LogP contribution in [-0.2, 0) is 16.0 Å². The molecular formula is C15H23NO2. The molecule has 0 saturated heterocycles. The molecule has 0 aliphatic carbocycles. The van der Waals surface area contributed by atoms with Crippen LogP contribution in [0, 0.1) is 0 Å². The zero-order valence-corrected chi connectivity index (χ0v) is 11.8. The van der Waals surface area contributed by atoms with Crippen LogP contribution in [0.15, 0.2) is 30.3 Å². The van der Waals surface area contributed by atoms with E-state index < -0.39 is 5.54 Å². The highest BCUT2D eigenvalue weighted by molar-refractivity contribution is 5.79. The van der Waals surface area contributed by atoms with Crippen LogP contribution in [-0.4, -0.2) is 36.6 Å². The van der Waals surface area contributed by atoms with Crippen molar-refractivity contribution in [2.75, 3.05) is 20.2 Å². The number of benzene rings is 1. The second kappa shape index (κ2) is 6.55. The molecule has 0 saturated carbocycles. The quantitative estimate of drug-likeness (QED) is 0.725. The van der Waals surface area contributed by atoms with Gasteiger partial charge in [-0.2, -0.15) is 0 Å². The van der Waals surface area contributed by atoms with Crippen LogP contribution in [0.25, 0.3) is 0 Å². The van der Waals surface area contributed by atoms with E-state index >= 15 is 0 Å². The molecule has 0 atom stereocenters. The Balaban J connectivity index is 2.54. The van der Waals surface area contributed by atoms with Crippen molar-refractivity contribution >= 4 is 5.97 Å². The Bertz CT molecular complexity index is 373. The van der Waals surface area contributed by atoms with Crippen molar-refractivity contribution in [1.82, 2.24) is 4.90 Å². The van der Waals surface area contributed by atoms with Crippen molar-refractivity contribution in [3.63, 3.8) is 0 Å². The van der Waals surface area contributed by atoms with Crippen LogP contribution in [0.3, 0.4) is 0 Å². The Morgan fingerprint density at radius 3 is 2.44 bits per heavy atom. The molecule has 1 aromatic rings. The van der Waals surface area contributed by atoms with E-state index in [0.29, 0.717) is 6.61 Å². The first-order chi connectivity index (χ1) is 8.48. The molecule has 3 heteroatoms. The topological polar surface area (TPSA) is 29.5 Å². The molecule has 1 rings (SSSR count). The molecule has 18 heavy (non-hydrogen) atoms. The highest BCUT2D eigenvalue weighted by atomic mass is 16.5. The van der Waals surface area contributed by atoms with E-state index in [1.54, 1.807) is 0 Å². The molecule has 0 aromatic heterocycles. The van der Waals surface area contributed by atoms with Crippen molar-refractivity contribution in [3.05, 3.63) is 35.9 Å². The maximum absolute atomic E-state index is 11.9. The van der Waals surface area contributed by atoms with E-state index in [2.05, 4.69) is 12.1 Å². The summed E-state index contributed by atoms with van der Waals surface area (Å²) in [5, 5.41) is 0. The standard InChI is InChI=1S/C15H23NO2/c1-5-18-14(17)15(2,3)16(4)12-11-13-9-7-6-8-10-13/h6-10H,5,11-12H2,1-4H3. The van der Waals surface area contributed by atoms with E-state index in [0.717, 1.165) is 13.0 Å². The fraction of sp³-hybridized carbons (Fsp3) is 0.533. The summed E-state index contributed by atoms with van der Waals surface area (Å²) in [5.41, 5.74) is 0.703. The van der Waals surface area contributed by atoms with Crippen molar-refractivity contribution in [2.24, 2.45) is 0 Å². The van der Waals surface area contributed by atoms with Crippen molar-refractivity contribution < 1.29 is 9.53 Å². The highest BCUT2D eigenvalue weighted by Crippen LogP contribution is 2.15. The van der Waals surface area contributed by atoms with Gasteiger partial charge in [0.15, 0.2) is 0 Å². The molecule has 0 N–H and O–H groups in total. The van der Waals surface area contributed by atoms with E-state index in [1.807, 2.05) is 50.9 Å². The van der Waals surface area contributed by atoms with E-state index in [1.165, 1.54) is 5.56 Å². The van der Waals surface area contributed by atoms with Crippen molar-refractivity contribution in [3.8, 4) is 0 Å². The van der Waals surface area contributed by atoms with Crippen LogP contribution in [0.1, 0.15) is 26.3 Å². The predicted octanol–water partition coefficient (Wildman–Crippen LogP) is 2.50. The molecule has 0 unspecified atom stereocenters. The molecule has 1 aromatic carbocycles. The minimum absolute atomic E-state index is 0.166. The fourth-order valence-corrected chi connectivity index (χ4v) is 1.68. The first-order valence-corrected chi connectivity index (χ1v) is 6.41. The maximum atomic E-state index is 11.9. The number of esters is 1. The fourth-order valence-electron chi connectivity index (χ4n) is 1.68. The molecule has 0 aliphatic rings. The summed E-state index contributed by atoms with van der Waals surface area (Å²) < 4.78 is 5.10. The van der Waals surface area contributed by atoms with Crippen LogP contribution in [0.4, 0.5) is 0 Å². The van der Waals surface area contributed by atoms with Crippen LogP contribution >= 0.6 is 0 Å². The molecule has 3 nitrogen and oxygen atoms in total. The van der Waals surface area contributed by atoms with E-state index in [9.17, 15) is 4.79 Å². The number of likely N-dealkylation sites (N-methyl/N-ethyl adjacent to an activating group) is 1. The largest absolute Gasteiger partial charge is 0.465 e. The lowest BCUT2D eigenvalue weighted by atomic mass is 10.0. The van der Waals surface area contributed by atoms with Gasteiger partial charge >= 0.3 is 5.97 Å². The van der Waals surface area contributed by atoms with Gasteiger partial charge in [0.05, 0.1) is 6.61 Å². The molecule has 0 aliphatic heterocycles. The van der Waals surface area contributed by atoms with Crippen molar-refractivity contribution in [2.45, 2.75) is 32.7 Å². The van der Waals surface area contributed by atoms with Crippen LogP contribution in [0.2, 0.25) is 0 Å². The summed E-state index contributed by atoms with van der Waals surface area (Å²) in [4.78, 5) is 13.9. The third kappa shape index (κ3) is 3.84.